The van der Waals surface area contributed by atoms with E-state index in [2.05, 4.69) is 20.4 Å². The van der Waals surface area contributed by atoms with Gasteiger partial charge in [0.2, 0.25) is 0 Å². The second-order valence-electron chi connectivity index (χ2n) is 6.98. The fourth-order valence-electron chi connectivity index (χ4n) is 3.34. The second-order valence-corrected chi connectivity index (χ2v) is 6.98. The molecule has 0 unspecified atom stereocenters. The first-order valence-electron chi connectivity index (χ1n) is 9.56. The third-order valence-corrected chi connectivity index (χ3v) is 4.95. The van der Waals surface area contributed by atoms with Gasteiger partial charge >= 0.3 is 0 Å². The van der Waals surface area contributed by atoms with Gasteiger partial charge in [-0.3, -0.25) is 4.79 Å². The lowest BCUT2D eigenvalue weighted by atomic mass is 10.1. The van der Waals surface area contributed by atoms with Crippen molar-refractivity contribution in [2.75, 3.05) is 23.3 Å². The summed E-state index contributed by atoms with van der Waals surface area (Å²) in [5.74, 6) is -1.66. The monoisotopic (exact) mass is 394 g/mol. The van der Waals surface area contributed by atoms with Crippen molar-refractivity contribution >= 4 is 17.4 Å². The first-order valence-corrected chi connectivity index (χ1v) is 9.56. The summed E-state index contributed by atoms with van der Waals surface area (Å²) in [6.45, 7) is 2.03. The molecule has 1 saturated heterocycles. The van der Waals surface area contributed by atoms with E-state index in [4.69, 9.17) is 0 Å². The molecule has 1 amide bonds. The number of rotatable bonds is 4. The van der Waals surface area contributed by atoms with E-state index in [9.17, 15) is 13.6 Å². The van der Waals surface area contributed by atoms with Crippen LogP contribution in [0.3, 0.4) is 0 Å². The van der Waals surface area contributed by atoms with E-state index >= 15 is 0 Å². The molecule has 0 saturated carbocycles. The van der Waals surface area contributed by atoms with E-state index in [1.165, 1.54) is 25.3 Å². The van der Waals surface area contributed by atoms with Crippen LogP contribution >= 0.6 is 0 Å². The Kier molecular flexibility index (Phi) is 5.46. The van der Waals surface area contributed by atoms with E-state index in [-0.39, 0.29) is 5.56 Å². The minimum absolute atomic E-state index is 0.0483. The largest absolute Gasteiger partial charge is 0.355 e. The maximum atomic E-state index is 13.3. The molecule has 0 spiro atoms. The molecular formula is C22H20F2N4O. The van der Waals surface area contributed by atoms with Crippen molar-refractivity contribution in [3.05, 3.63) is 71.8 Å². The Bertz CT molecular complexity index is 1000. The number of carbonyl (C=O) groups excluding carboxylic acids is 1. The van der Waals surface area contributed by atoms with Crippen LogP contribution in [0.1, 0.15) is 29.6 Å². The Morgan fingerprint density at radius 1 is 0.862 bits per heavy atom. The van der Waals surface area contributed by atoms with Crippen LogP contribution < -0.4 is 10.2 Å². The molecule has 5 nitrogen and oxygen atoms in total. The Labute approximate surface area is 167 Å². The molecule has 4 rings (SSSR count). The van der Waals surface area contributed by atoms with E-state index in [1.807, 2.05) is 24.3 Å². The Morgan fingerprint density at radius 3 is 2.28 bits per heavy atom. The van der Waals surface area contributed by atoms with Crippen molar-refractivity contribution in [1.29, 1.82) is 0 Å². The highest BCUT2D eigenvalue weighted by Crippen LogP contribution is 2.22. The average Bonchev–Trinajstić information content (AvgIpc) is 2.77. The summed E-state index contributed by atoms with van der Waals surface area (Å²) in [4.78, 5) is 14.4. The van der Waals surface area contributed by atoms with Gasteiger partial charge in [0.15, 0.2) is 17.5 Å². The zero-order chi connectivity index (χ0) is 20.2. The highest BCUT2D eigenvalue weighted by molar-refractivity contribution is 6.04. The summed E-state index contributed by atoms with van der Waals surface area (Å²) in [5.41, 5.74) is 2.20. The Hall–Kier alpha value is -3.35. The summed E-state index contributed by atoms with van der Waals surface area (Å²) < 4.78 is 26.3. The molecule has 1 aliphatic rings. The molecule has 148 valence electrons. The lowest BCUT2D eigenvalue weighted by molar-refractivity contribution is 0.102. The van der Waals surface area contributed by atoms with Gasteiger partial charge in [0, 0.05) is 29.9 Å². The topological polar surface area (TPSA) is 58.1 Å². The highest BCUT2D eigenvalue weighted by atomic mass is 19.2. The zero-order valence-electron chi connectivity index (χ0n) is 15.7. The Morgan fingerprint density at radius 2 is 1.62 bits per heavy atom. The van der Waals surface area contributed by atoms with Gasteiger partial charge in [0.05, 0.1) is 5.69 Å². The molecule has 0 bridgehead atoms. The molecule has 3 aromatic rings. The number of hydrogen-bond acceptors (Lipinski definition) is 4. The molecule has 29 heavy (non-hydrogen) atoms. The van der Waals surface area contributed by atoms with Crippen LogP contribution in [0.25, 0.3) is 11.3 Å². The van der Waals surface area contributed by atoms with Crippen molar-refractivity contribution in [2.24, 2.45) is 0 Å². The zero-order valence-corrected chi connectivity index (χ0v) is 15.7. The molecule has 0 atom stereocenters. The van der Waals surface area contributed by atoms with Crippen LogP contribution in [-0.2, 0) is 0 Å². The van der Waals surface area contributed by atoms with Crippen LogP contribution in [0.2, 0.25) is 0 Å². The van der Waals surface area contributed by atoms with E-state index < -0.39 is 17.5 Å². The summed E-state index contributed by atoms with van der Waals surface area (Å²) in [6.07, 6.45) is 3.63. The number of amides is 1. The van der Waals surface area contributed by atoms with Crippen LogP contribution in [0.5, 0.6) is 0 Å². The molecule has 2 heterocycles. The number of piperidine rings is 1. The molecular weight excluding hydrogens is 374 g/mol. The smallest absolute Gasteiger partial charge is 0.255 e. The number of carbonyl (C=O) groups is 1. The van der Waals surface area contributed by atoms with E-state index in [1.54, 1.807) is 12.1 Å². The normalized spacial score (nSPS) is 13.9. The minimum atomic E-state index is -1.06. The average molecular weight is 394 g/mol. The standard InChI is InChI=1S/C22H20F2N4O/c23-18-9-6-16(14-19(18)24)22(29)25-17-7-4-15(5-8-17)20-10-11-21(27-26-20)28-12-2-1-3-13-28/h4-11,14H,1-3,12-13H2,(H,25,29). The van der Waals surface area contributed by atoms with Crippen LogP contribution in [0, 0.1) is 11.6 Å². The van der Waals surface area contributed by atoms with Gasteiger partial charge < -0.3 is 10.2 Å². The lowest BCUT2D eigenvalue weighted by Gasteiger charge is -2.27. The van der Waals surface area contributed by atoms with Crippen LogP contribution in [0.15, 0.2) is 54.6 Å². The second kappa shape index (κ2) is 8.34. The third kappa shape index (κ3) is 4.39. The molecule has 7 heteroatoms. The lowest BCUT2D eigenvalue weighted by Crippen LogP contribution is -2.30. The van der Waals surface area contributed by atoms with Crippen molar-refractivity contribution in [3.8, 4) is 11.3 Å². The quantitative estimate of drug-likeness (QED) is 0.699. The predicted octanol–water partition coefficient (Wildman–Crippen LogP) is 4.66. The summed E-state index contributed by atoms with van der Waals surface area (Å²) in [7, 11) is 0. The molecule has 1 N–H and O–H groups in total. The van der Waals surface area contributed by atoms with Crippen LogP contribution in [-0.4, -0.2) is 29.2 Å². The Balaban J connectivity index is 1.43. The fourth-order valence-corrected chi connectivity index (χ4v) is 3.34. The molecule has 0 aliphatic carbocycles. The van der Waals surface area contributed by atoms with Crippen molar-refractivity contribution in [2.45, 2.75) is 19.3 Å². The first-order chi connectivity index (χ1) is 14.1. The van der Waals surface area contributed by atoms with Gasteiger partial charge in [0.1, 0.15) is 0 Å². The van der Waals surface area contributed by atoms with Crippen LogP contribution in [0.4, 0.5) is 20.3 Å². The van der Waals surface area contributed by atoms with Gasteiger partial charge in [-0.25, -0.2) is 8.78 Å². The molecule has 1 fully saturated rings. The SMILES string of the molecule is O=C(Nc1ccc(-c2ccc(N3CCCCC3)nn2)cc1)c1ccc(F)c(F)c1. The van der Waals surface area contributed by atoms with E-state index in [0.29, 0.717) is 5.69 Å². The predicted molar refractivity (Wildman–Crippen MR) is 108 cm³/mol. The van der Waals surface area contributed by atoms with Gasteiger partial charge in [-0.1, -0.05) is 12.1 Å². The number of halogens is 2. The van der Waals surface area contributed by atoms with Gasteiger partial charge in [0.25, 0.3) is 5.91 Å². The van der Waals surface area contributed by atoms with E-state index in [0.717, 1.165) is 42.3 Å². The van der Waals surface area contributed by atoms with Crippen molar-refractivity contribution < 1.29 is 13.6 Å². The number of nitrogens with zero attached hydrogens (tertiary/aromatic N) is 3. The van der Waals surface area contributed by atoms with Gasteiger partial charge in [-0.2, -0.15) is 0 Å². The third-order valence-electron chi connectivity index (χ3n) is 4.95. The number of aromatic nitrogens is 2. The number of benzene rings is 2. The number of anilines is 2. The molecule has 0 radical (unpaired) electrons. The highest BCUT2D eigenvalue weighted by Gasteiger charge is 2.13. The minimum Gasteiger partial charge on any atom is -0.355 e. The summed E-state index contributed by atoms with van der Waals surface area (Å²) >= 11 is 0. The molecule has 1 aliphatic heterocycles. The molecule has 2 aromatic carbocycles. The van der Waals surface area contributed by atoms with Gasteiger partial charge in [-0.15, -0.1) is 10.2 Å². The summed E-state index contributed by atoms with van der Waals surface area (Å²) in [5, 5.41) is 11.3. The van der Waals surface area contributed by atoms with Crippen molar-refractivity contribution in [1.82, 2.24) is 10.2 Å². The maximum absolute atomic E-state index is 13.3. The molecule has 1 aromatic heterocycles. The fraction of sp³-hybridized carbons (Fsp3) is 0.227. The number of nitrogens with one attached hydrogen (secondary N) is 1. The maximum Gasteiger partial charge on any atom is 0.255 e. The summed E-state index contributed by atoms with van der Waals surface area (Å²) in [6, 6.07) is 14.1. The number of hydrogen-bond donors (Lipinski definition) is 1. The van der Waals surface area contributed by atoms with Gasteiger partial charge in [-0.05, 0) is 61.7 Å². The van der Waals surface area contributed by atoms with Crippen molar-refractivity contribution in [3.63, 3.8) is 0 Å². The first kappa shape index (κ1) is 19.0.